The Labute approximate surface area is 187 Å². The van der Waals surface area contributed by atoms with Crippen LogP contribution in [0.1, 0.15) is 40.5 Å². The van der Waals surface area contributed by atoms with E-state index in [1.807, 2.05) is 35.2 Å². The SMILES string of the molecule is CN(CCc1ccncc1)C(=O)CCC(=O)N1CCc2sccc2C1c1ccccc1. The van der Waals surface area contributed by atoms with Gasteiger partial charge >= 0.3 is 0 Å². The highest BCUT2D eigenvalue weighted by molar-refractivity contribution is 7.10. The van der Waals surface area contributed by atoms with Crippen molar-refractivity contribution in [1.29, 1.82) is 0 Å². The number of benzene rings is 1. The zero-order chi connectivity index (χ0) is 21.6. The Hall–Kier alpha value is -2.99. The van der Waals surface area contributed by atoms with Crippen LogP contribution in [0.2, 0.25) is 0 Å². The van der Waals surface area contributed by atoms with E-state index in [2.05, 4.69) is 28.6 Å². The number of thiophene rings is 1. The molecule has 5 nitrogen and oxygen atoms in total. The zero-order valence-electron chi connectivity index (χ0n) is 17.7. The zero-order valence-corrected chi connectivity index (χ0v) is 18.6. The van der Waals surface area contributed by atoms with Gasteiger partial charge in [-0.25, -0.2) is 0 Å². The molecule has 1 aliphatic heterocycles. The third-order valence-electron chi connectivity index (χ3n) is 5.87. The van der Waals surface area contributed by atoms with E-state index in [4.69, 9.17) is 0 Å². The minimum absolute atomic E-state index is 0.00639. The van der Waals surface area contributed by atoms with Gasteiger partial charge < -0.3 is 9.80 Å². The van der Waals surface area contributed by atoms with E-state index in [-0.39, 0.29) is 30.7 Å². The van der Waals surface area contributed by atoms with Crippen molar-refractivity contribution in [2.24, 2.45) is 0 Å². The van der Waals surface area contributed by atoms with Crippen LogP contribution >= 0.6 is 11.3 Å². The van der Waals surface area contributed by atoms with E-state index in [9.17, 15) is 9.59 Å². The summed E-state index contributed by atoms with van der Waals surface area (Å²) in [6, 6.07) is 16.2. The lowest BCUT2D eigenvalue weighted by molar-refractivity contribution is -0.137. The van der Waals surface area contributed by atoms with Crippen LogP contribution in [0.25, 0.3) is 0 Å². The number of carbonyl (C=O) groups excluding carboxylic acids is 2. The summed E-state index contributed by atoms with van der Waals surface area (Å²) >= 11 is 1.76. The number of fused-ring (bicyclic) bond motifs is 1. The Bertz CT molecular complexity index is 1020. The summed E-state index contributed by atoms with van der Waals surface area (Å²) in [5.74, 6) is 0.0495. The summed E-state index contributed by atoms with van der Waals surface area (Å²) in [4.78, 5) is 34.8. The van der Waals surface area contributed by atoms with Crippen molar-refractivity contribution >= 4 is 23.2 Å². The van der Waals surface area contributed by atoms with Crippen LogP contribution in [0.3, 0.4) is 0 Å². The molecule has 3 aromatic rings. The first-order chi connectivity index (χ1) is 15.1. The highest BCUT2D eigenvalue weighted by Crippen LogP contribution is 2.38. The smallest absolute Gasteiger partial charge is 0.223 e. The molecule has 1 aromatic carbocycles. The van der Waals surface area contributed by atoms with E-state index in [0.717, 1.165) is 24.0 Å². The molecule has 6 heteroatoms. The van der Waals surface area contributed by atoms with Crippen LogP contribution in [0, 0.1) is 0 Å². The maximum atomic E-state index is 13.2. The highest BCUT2D eigenvalue weighted by Gasteiger charge is 2.32. The summed E-state index contributed by atoms with van der Waals surface area (Å²) in [6.07, 6.45) is 5.65. The number of hydrogen-bond donors (Lipinski definition) is 0. The molecule has 31 heavy (non-hydrogen) atoms. The third kappa shape index (κ3) is 5.02. The average molecular weight is 434 g/mol. The summed E-state index contributed by atoms with van der Waals surface area (Å²) < 4.78 is 0. The second kappa shape index (κ2) is 9.88. The second-order valence-corrected chi connectivity index (χ2v) is 8.87. The molecular formula is C25H27N3O2S. The first-order valence-corrected chi connectivity index (χ1v) is 11.5. The molecule has 1 aliphatic rings. The van der Waals surface area contributed by atoms with Gasteiger partial charge in [0.15, 0.2) is 0 Å². The van der Waals surface area contributed by atoms with Gasteiger partial charge in [0.05, 0.1) is 6.04 Å². The number of hydrogen-bond acceptors (Lipinski definition) is 4. The minimum atomic E-state index is -0.0665. The summed E-state index contributed by atoms with van der Waals surface area (Å²) in [5, 5.41) is 2.11. The van der Waals surface area contributed by atoms with Crippen LogP contribution in [0.15, 0.2) is 66.3 Å². The van der Waals surface area contributed by atoms with Gasteiger partial charge in [-0.2, -0.15) is 0 Å². The second-order valence-electron chi connectivity index (χ2n) is 7.87. The molecule has 0 fully saturated rings. The van der Waals surface area contributed by atoms with Gasteiger partial charge in [0.25, 0.3) is 0 Å². The molecule has 160 valence electrons. The number of pyridine rings is 1. The lowest BCUT2D eigenvalue weighted by Crippen LogP contribution is -2.40. The van der Waals surface area contributed by atoms with E-state index in [0.29, 0.717) is 13.1 Å². The fraction of sp³-hybridized carbons (Fsp3) is 0.320. The van der Waals surface area contributed by atoms with E-state index in [1.54, 1.807) is 35.7 Å². The molecule has 2 aromatic heterocycles. The molecule has 0 saturated carbocycles. The van der Waals surface area contributed by atoms with Crippen molar-refractivity contribution in [2.75, 3.05) is 20.1 Å². The lowest BCUT2D eigenvalue weighted by atomic mass is 9.93. The first-order valence-electron chi connectivity index (χ1n) is 10.7. The third-order valence-corrected chi connectivity index (χ3v) is 6.86. The number of amides is 2. The normalized spacial score (nSPS) is 15.4. The number of aromatic nitrogens is 1. The van der Waals surface area contributed by atoms with Crippen molar-refractivity contribution in [3.8, 4) is 0 Å². The van der Waals surface area contributed by atoms with Crippen LogP contribution in [0.4, 0.5) is 0 Å². The summed E-state index contributed by atoms with van der Waals surface area (Å²) in [7, 11) is 1.80. The van der Waals surface area contributed by atoms with Gasteiger partial charge in [-0.15, -0.1) is 11.3 Å². The van der Waals surface area contributed by atoms with Gasteiger partial charge in [-0.05, 0) is 53.1 Å². The first kappa shape index (κ1) is 21.2. The molecule has 0 N–H and O–H groups in total. The lowest BCUT2D eigenvalue weighted by Gasteiger charge is -2.36. The summed E-state index contributed by atoms with van der Waals surface area (Å²) in [6.45, 7) is 1.32. The fourth-order valence-electron chi connectivity index (χ4n) is 4.10. The Balaban J connectivity index is 1.37. The summed E-state index contributed by atoms with van der Waals surface area (Å²) in [5.41, 5.74) is 3.49. The number of rotatable bonds is 7. The van der Waals surface area contributed by atoms with Crippen molar-refractivity contribution in [1.82, 2.24) is 14.8 Å². The van der Waals surface area contributed by atoms with Crippen molar-refractivity contribution in [2.45, 2.75) is 31.7 Å². The fourth-order valence-corrected chi connectivity index (χ4v) is 5.00. The van der Waals surface area contributed by atoms with Gasteiger partial charge in [-0.1, -0.05) is 30.3 Å². The predicted octanol–water partition coefficient (Wildman–Crippen LogP) is 4.10. The van der Waals surface area contributed by atoms with Crippen molar-refractivity contribution in [3.63, 3.8) is 0 Å². The van der Waals surface area contributed by atoms with Crippen molar-refractivity contribution in [3.05, 3.63) is 87.9 Å². The van der Waals surface area contributed by atoms with Gasteiger partial charge in [-0.3, -0.25) is 14.6 Å². The number of likely N-dealkylation sites (N-methyl/N-ethyl adjacent to an activating group) is 1. The quantitative estimate of drug-likeness (QED) is 0.564. The molecule has 1 unspecified atom stereocenters. The Kier molecular flexibility index (Phi) is 6.77. The molecule has 2 amide bonds. The van der Waals surface area contributed by atoms with Gasteiger partial charge in [0.2, 0.25) is 11.8 Å². The maximum absolute atomic E-state index is 13.2. The Morgan fingerprint density at radius 3 is 2.65 bits per heavy atom. The molecule has 3 heterocycles. The number of nitrogens with zero attached hydrogens (tertiary/aromatic N) is 3. The molecule has 4 rings (SSSR count). The largest absolute Gasteiger partial charge is 0.345 e. The molecule has 0 aliphatic carbocycles. The van der Waals surface area contributed by atoms with Crippen molar-refractivity contribution < 1.29 is 9.59 Å². The molecule has 0 saturated heterocycles. The maximum Gasteiger partial charge on any atom is 0.223 e. The van der Waals surface area contributed by atoms with E-state index < -0.39 is 0 Å². The van der Waals surface area contributed by atoms with Gasteiger partial charge in [0.1, 0.15) is 0 Å². The molecule has 0 bridgehead atoms. The Morgan fingerprint density at radius 1 is 1.10 bits per heavy atom. The minimum Gasteiger partial charge on any atom is -0.345 e. The topological polar surface area (TPSA) is 53.5 Å². The van der Waals surface area contributed by atoms with Crippen LogP contribution in [-0.2, 0) is 22.4 Å². The highest BCUT2D eigenvalue weighted by atomic mass is 32.1. The molecule has 0 spiro atoms. The predicted molar refractivity (Wildman–Crippen MR) is 123 cm³/mol. The molecule has 0 radical (unpaired) electrons. The monoisotopic (exact) mass is 433 g/mol. The van der Waals surface area contributed by atoms with Crippen LogP contribution < -0.4 is 0 Å². The molecular weight excluding hydrogens is 406 g/mol. The van der Waals surface area contributed by atoms with E-state index >= 15 is 0 Å². The van der Waals surface area contributed by atoms with Crippen LogP contribution in [0.5, 0.6) is 0 Å². The Morgan fingerprint density at radius 2 is 1.87 bits per heavy atom. The standard InChI is InChI=1S/C25H27N3O2S/c1-27(16-11-19-9-14-26-15-10-19)23(29)7-8-24(30)28-17-12-22-21(13-18-31-22)25(28)20-5-3-2-4-6-20/h2-6,9-10,13-15,18,25H,7-8,11-12,16-17H2,1H3. The van der Waals surface area contributed by atoms with E-state index in [1.165, 1.54) is 10.4 Å². The molecule has 1 atom stereocenters. The van der Waals surface area contributed by atoms with Crippen LogP contribution in [-0.4, -0.2) is 46.7 Å². The number of carbonyl (C=O) groups is 2. The average Bonchev–Trinajstić information content (AvgIpc) is 3.30. The van der Waals surface area contributed by atoms with Gasteiger partial charge in [0, 0.05) is 50.2 Å².